The van der Waals surface area contributed by atoms with Crippen LogP contribution >= 0.6 is 0 Å². The normalized spacial score (nSPS) is 13.8. The van der Waals surface area contributed by atoms with Gasteiger partial charge in [-0.05, 0) is 25.5 Å². The maximum absolute atomic E-state index is 10.8. The molecule has 0 aromatic heterocycles. The minimum Gasteiger partial charge on any atom is -0.490 e. The Morgan fingerprint density at radius 3 is 2.83 bits per heavy atom. The Morgan fingerprint density at radius 2 is 2.06 bits per heavy atom. The van der Waals surface area contributed by atoms with Crippen LogP contribution in [0.2, 0.25) is 0 Å². The smallest absolute Gasteiger partial charge is 0.163 e. The quantitative estimate of drug-likeness (QED) is 0.815. The molecule has 4 nitrogen and oxygen atoms in total. The van der Waals surface area contributed by atoms with E-state index in [1.165, 1.54) is 0 Å². The number of rotatable bonds is 5. The molecule has 0 aliphatic carbocycles. The molecule has 0 fully saturated rings. The second kappa shape index (κ2) is 6.28. The van der Waals surface area contributed by atoms with E-state index in [1.807, 2.05) is 18.2 Å². The predicted octanol–water partition coefficient (Wildman–Crippen LogP) is 2.63. The van der Waals surface area contributed by atoms with Crippen molar-refractivity contribution in [3.05, 3.63) is 18.2 Å². The van der Waals surface area contributed by atoms with Crippen LogP contribution < -0.4 is 14.8 Å². The van der Waals surface area contributed by atoms with Gasteiger partial charge in [0.15, 0.2) is 11.5 Å². The van der Waals surface area contributed by atoms with Crippen LogP contribution in [0.25, 0.3) is 0 Å². The monoisotopic (exact) mass is 249 g/mol. The van der Waals surface area contributed by atoms with Crippen LogP contribution in [0.5, 0.6) is 11.5 Å². The number of Topliss-reactive ketones (excluding diaryl/α,β-unsaturated/α-hetero) is 1. The fraction of sp³-hybridized carbons (Fsp3) is 0.500. The van der Waals surface area contributed by atoms with E-state index in [-0.39, 0.29) is 5.78 Å². The molecule has 0 amide bonds. The van der Waals surface area contributed by atoms with Crippen LogP contribution in [0.15, 0.2) is 18.2 Å². The van der Waals surface area contributed by atoms with E-state index in [9.17, 15) is 4.79 Å². The first-order valence-corrected chi connectivity index (χ1v) is 6.38. The zero-order valence-corrected chi connectivity index (χ0v) is 10.7. The third-order valence-corrected chi connectivity index (χ3v) is 2.78. The van der Waals surface area contributed by atoms with Crippen molar-refractivity contribution >= 4 is 11.5 Å². The maximum Gasteiger partial charge on any atom is 0.163 e. The van der Waals surface area contributed by atoms with Gasteiger partial charge in [0.1, 0.15) is 5.78 Å². The van der Waals surface area contributed by atoms with Gasteiger partial charge in [0.25, 0.3) is 0 Å². The summed E-state index contributed by atoms with van der Waals surface area (Å²) in [5, 5.41) is 3.28. The Morgan fingerprint density at radius 1 is 1.28 bits per heavy atom. The Hall–Kier alpha value is -1.71. The van der Waals surface area contributed by atoms with Crippen LogP contribution in [0.4, 0.5) is 5.69 Å². The molecule has 1 aliphatic rings. The molecule has 1 aromatic carbocycles. The number of carbonyl (C=O) groups excluding carboxylic acids is 1. The average Bonchev–Trinajstić information content (AvgIpc) is 2.59. The van der Waals surface area contributed by atoms with E-state index in [0.717, 1.165) is 36.6 Å². The average molecular weight is 249 g/mol. The van der Waals surface area contributed by atoms with Gasteiger partial charge in [0.05, 0.1) is 13.2 Å². The second-order valence-electron chi connectivity index (χ2n) is 4.44. The zero-order chi connectivity index (χ0) is 12.8. The number of hydrogen-bond acceptors (Lipinski definition) is 4. The summed E-state index contributed by atoms with van der Waals surface area (Å²) in [4.78, 5) is 10.8. The van der Waals surface area contributed by atoms with E-state index < -0.39 is 0 Å². The Kier molecular flexibility index (Phi) is 4.45. The zero-order valence-electron chi connectivity index (χ0n) is 10.7. The molecule has 0 atom stereocenters. The lowest BCUT2D eigenvalue weighted by atomic mass is 10.2. The highest BCUT2D eigenvalue weighted by molar-refractivity contribution is 5.75. The Bertz CT molecular complexity index is 418. The van der Waals surface area contributed by atoms with Gasteiger partial charge in [-0.3, -0.25) is 0 Å². The number of carbonyl (C=O) groups is 1. The molecule has 0 saturated carbocycles. The Balaban J connectivity index is 1.89. The van der Waals surface area contributed by atoms with E-state index >= 15 is 0 Å². The summed E-state index contributed by atoms with van der Waals surface area (Å²) in [6, 6.07) is 5.85. The highest BCUT2D eigenvalue weighted by Gasteiger charge is 2.10. The summed E-state index contributed by atoms with van der Waals surface area (Å²) in [5.74, 6) is 1.83. The van der Waals surface area contributed by atoms with Gasteiger partial charge in [0, 0.05) is 31.1 Å². The number of anilines is 1. The number of fused-ring (bicyclic) bond motifs is 1. The minimum absolute atomic E-state index is 0.232. The van der Waals surface area contributed by atoms with Crippen LogP contribution in [0.3, 0.4) is 0 Å². The maximum atomic E-state index is 10.8. The van der Waals surface area contributed by atoms with Crippen LogP contribution in [0, 0.1) is 0 Å². The lowest BCUT2D eigenvalue weighted by molar-refractivity contribution is -0.117. The summed E-state index contributed by atoms with van der Waals surface area (Å²) < 4.78 is 11.2. The predicted molar refractivity (Wildman–Crippen MR) is 70.5 cm³/mol. The van der Waals surface area contributed by atoms with Crippen molar-refractivity contribution in [2.75, 3.05) is 25.1 Å². The van der Waals surface area contributed by atoms with Gasteiger partial charge in [-0.15, -0.1) is 0 Å². The first kappa shape index (κ1) is 12.7. The molecule has 0 radical (unpaired) electrons. The van der Waals surface area contributed by atoms with Gasteiger partial charge < -0.3 is 19.6 Å². The number of benzene rings is 1. The van der Waals surface area contributed by atoms with Gasteiger partial charge >= 0.3 is 0 Å². The first-order chi connectivity index (χ1) is 8.75. The van der Waals surface area contributed by atoms with Crippen LogP contribution in [0.1, 0.15) is 26.2 Å². The van der Waals surface area contributed by atoms with Crippen LogP contribution in [-0.4, -0.2) is 25.5 Å². The summed E-state index contributed by atoms with van der Waals surface area (Å²) in [6.07, 6.45) is 2.39. The summed E-state index contributed by atoms with van der Waals surface area (Å²) >= 11 is 0. The van der Waals surface area contributed by atoms with Crippen molar-refractivity contribution < 1.29 is 14.3 Å². The second-order valence-corrected chi connectivity index (χ2v) is 4.44. The molecule has 0 unspecified atom stereocenters. The van der Waals surface area contributed by atoms with Gasteiger partial charge in [-0.1, -0.05) is 0 Å². The van der Waals surface area contributed by atoms with Gasteiger partial charge in [-0.25, -0.2) is 0 Å². The third-order valence-electron chi connectivity index (χ3n) is 2.78. The van der Waals surface area contributed by atoms with Crippen molar-refractivity contribution in [1.82, 2.24) is 0 Å². The van der Waals surface area contributed by atoms with Crippen LogP contribution in [-0.2, 0) is 4.79 Å². The lowest BCUT2D eigenvalue weighted by Crippen LogP contribution is -2.04. The molecule has 1 aliphatic heterocycles. The highest BCUT2D eigenvalue weighted by atomic mass is 16.5. The molecule has 18 heavy (non-hydrogen) atoms. The first-order valence-electron chi connectivity index (χ1n) is 6.38. The molecule has 2 rings (SSSR count). The van der Waals surface area contributed by atoms with Crippen molar-refractivity contribution in [1.29, 1.82) is 0 Å². The number of ether oxygens (including phenoxy) is 2. The minimum atomic E-state index is 0.232. The largest absolute Gasteiger partial charge is 0.490 e. The van der Waals surface area contributed by atoms with Gasteiger partial charge in [-0.2, -0.15) is 0 Å². The number of ketones is 1. The molecule has 0 spiro atoms. The van der Waals surface area contributed by atoms with Crippen molar-refractivity contribution in [2.24, 2.45) is 0 Å². The number of hydrogen-bond donors (Lipinski definition) is 1. The molecular weight excluding hydrogens is 230 g/mol. The summed E-state index contributed by atoms with van der Waals surface area (Å²) in [6.45, 7) is 3.81. The highest BCUT2D eigenvalue weighted by Crippen LogP contribution is 2.32. The fourth-order valence-corrected chi connectivity index (χ4v) is 1.84. The van der Waals surface area contributed by atoms with E-state index in [2.05, 4.69) is 5.32 Å². The lowest BCUT2D eigenvalue weighted by Gasteiger charge is -2.10. The SMILES string of the molecule is CC(=O)CCCNc1ccc2c(c1)OCCCO2. The Labute approximate surface area is 107 Å². The van der Waals surface area contributed by atoms with E-state index in [0.29, 0.717) is 19.6 Å². The van der Waals surface area contributed by atoms with Crippen molar-refractivity contribution in [3.63, 3.8) is 0 Å². The van der Waals surface area contributed by atoms with E-state index in [4.69, 9.17) is 9.47 Å². The van der Waals surface area contributed by atoms with Gasteiger partial charge in [0.2, 0.25) is 0 Å². The summed E-state index contributed by atoms with van der Waals surface area (Å²) in [5.41, 5.74) is 1.00. The molecule has 1 N–H and O–H groups in total. The molecule has 1 heterocycles. The molecule has 4 heteroatoms. The topological polar surface area (TPSA) is 47.6 Å². The molecule has 98 valence electrons. The number of nitrogens with one attached hydrogen (secondary N) is 1. The molecule has 1 aromatic rings. The fourth-order valence-electron chi connectivity index (χ4n) is 1.84. The molecular formula is C14H19NO3. The molecule has 0 bridgehead atoms. The van der Waals surface area contributed by atoms with Crippen molar-refractivity contribution in [2.45, 2.75) is 26.2 Å². The summed E-state index contributed by atoms with van der Waals surface area (Å²) in [7, 11) is 0. The third kappa shape index (κ3) is 3.65. The standard InChI is InChI=1S/C14H19NO3/c1-11(16)4-2-7-15-12-5-6-13-14(10-12)18-9-3-8-17-13/h5-6,10,15H,2-4,7-9H2,1H3. The van der Waals surface area contributed by atoms with E-state index in [1.54, 1.807) is 6.92 Å². The van der Waals surface area contributed by atoms with Crippen molar-refractivity contribution in [3.8, 4) is 11.5 Å². The molecule has 0 saturated heterocycles.